The van der Waals surface area contributed by atoms with Crippen LogP contribution in [0.5, 0.6) is 0 Å². The van der Waals surface area contributed by atoms with Gasteiger partial charge in [-0.25, -0.2) is 0 Å². The predicted molar refractivity (Wildman–Crippen MR) is 90.6 cm³/mol. The zero-order valence-corrected chi connectivity index (χ0v) is 13.6. The largest absolute Gasteiger partial charge is 0.372 e. The molecule has 0 spiro atoms. The molecule has 0 aliphatic carbocycles. The molecule has 0 N–H and O–H groups in total. The van der Waals surface area contributed by atoms with Gasteiger partial charge in [0.25, 0.3) is 0 Å². The van der Waals surface area contributed by atoms with Crippen LogP contribution in [-0.4, -0.2) is 13.1 Å². The highest BCUT2D eigenvalue weighted by Crippen LogP contribution is 2.30. The van der Waals surface area contributed by atoms with Crippen LogP contribution in [0, 0.1) is 0 Å². The lowest BCUT2D eigenvalue weighted by Gasteiger charge is -2.20. The Hall–Kier alpha value is -1.58. The van der Waals surface area contributed by atoms with E-state index in [2.05, 4.69) is 29.0 Å². The second kappa shape index (κ2) is 7.43. The van der Waals surface area contributed by atoms with Gasteiger partial charge in [-0.3, -0.25) is 0 Å². The molecule has 21 heavy (non-hydrogen) atoms. The molecule has 0 saturated heterocycles. The van der Waals surface area contributed by atoms with Gasteiger partial charge in [-0.1, -0.05) is 23.2 Å². The van der Waals surface area contributed by atoms with E-state index in [1.165, 1.54) is 5.69 Å². The van der Waals surface area contributed by atoms with Crippen molar-refractivity contribution in [2.75, 3.05) is 18.0 Å². The molecule has 0 aliphatic rings. The van der Waals surface area contributed by atoms with Crippen LogP contribution in [0.1, 0.15) is 13.8 Å². The summed E-state index contributed by atoms with van der Waals surface area (Å²) in [6.45, 7) is 6.24. The highest BCUT2D eigenvalue weighted by atomic mass is 35.5. The number of halogens is 2. The van der Waals surface area contributed by atoms with Crippen molar-refractivity contribution in [2.24, 2.45) is 10.2 Å². The Bertz CT molecular complexity index is 620. The number of rotatable bonds is 5. The first-order chi connectivity index (χ1) is 10.1. The van der Waals surface area contributed by atoms with Crippen LogP contribution in [0.4, 0.5) is 17.1 Å². The van der Waals surface area contributed by atoms with Crippen LogP contribution in [0.2, 0.25) is 10.0 Å². The van der Waals surface area contributed by atoms with Crippen molar-refractivity contribution < 1.29 is 0 Å². The quantitative estimate of drug-likeness (QED) is 0.597. The van der Waals surface area contributed by atoms with Crippen LogP contribution in [-0.2, 0) is 0 Å². The molecule has 110 valence electrons. The number of azo groups is 1. The first-order valence-electron chi connectivity index (χ1n) is 6.85. The third kappa shape index (κ3) is 4.19. The van der Waals surface area contributed by atoms with E-state index < -0.39 is 0 Å². The highest BCUT2D eigenvalue weighted by Gasteiger charge is 2.02. The summed E-state index contributed by atoms with van der Waals surface area (Å²) in [5, 5.41) is 9.46. The fourth-order valence-electron chi connectivity index (χ4n) is 1.99. The third-order valence-electron chi connectivity index (χ3n) is 3.16. The average molecular weight is 322 g/mol. The van der Waals surface area contributed by atoms with E-state index in [-0.39, 0.29) is 0 Å². The topological polar surface area (TPSA) is 28.0 Å². The summed E-state index contributed by atoms with van der Waals surface area (Å²) in [5.74, 6) is 0. The summed E-state index contributed by atoms with van der Waals surface area (Å²) in [4.78, 5) is 2.27. The van der Waals surface area contributed by atoms with Crippen LogP contribution in [0.25, 0.3) is 0 Å². The Morgan fingerprint density at radius 3 is 2.19 bits per heavy atom. The molecule has 2 aromatic rings. The Kier molecular flexibility index (Phi) is 5.59. The van der Waals surface area contributed by atoms with E-state index in [1.807, 2.05) is 24.3 Å². The first-order valence-corrected chi connectivity index (χ1v) is 7.61. The molecule has 0 atom stereocenters. The minimum absolute atomic E-state index is 0.530. The van der Waals surface area contributed by atoms with Gasteiger partial charge in [-0.05, 0) is 56.3 Å². The maximum atomic E-state index is 6.05. The van der Waals surface area contributed by atoms with Gasteiger partial charge in [-0.2, -0.15) is 5.11 Å². The highest BCUT2D eigenvalue weighted by molar-refractivity contribution is 6.35. The predicted octanol–water partition coefficient (Wildman–Crippen LogP) is 6.26. The van der Waals surface area contributed by atoms with Gasteiger partial charge < -0.3 is 4.90 Å². The van der Waals surface area contributed by atoms with Crippen LogP contribution < -0.4 is 4.90 Å². The number of hydrogen-bond acceptors (Lipinski definition) is 3. The molecule has 0 heterocycles. The SMILES string of the molecule is CCN(CC)c1ccc(N=Nc2cc(Cl)ccc2Cl)cc1. The Morgan fingerprint density at radius 1 is 0.905 bits per heavy atom. The smallest absolute Gasteiger partial charge is 0.106 e. The van der Waals surface area contributed by atoms with Crippen molar-refractivity contribution in [3.8, 4) is 0 Å². The van der Waals surface area contributed by atoms with Crippen LogP contribution >= 0.6 is 23.2 Å². The minimum Gasteiger partial charge on any atom is -0.372 e. The number of anilines is 1. The minimum atomic E-state index is 0.530. The van der Waals surface area contributed by atoms with Gasteiger partial charge >= 0.3 is 0 Å². The molecular formula is C16H17Cl2N3. The summed E-state index contributed by atoms with van der Waals surface area (Å²) in [6.07, 6.45) is 0. The van der Waals surface area contributed by atoms with Crippen LogP contribution in [0.3, 0.4) is 0 Å². The molecule has 2 rings (SSSR count). The molecule has 5 heteroatoms. The van der Waals surface area contributed by atoms with Gasteiger partial charge in [0.1, 0.15) is 5.69 Å². The van der Waals surface area contributed by atoms with Gasteiger partial charge in [0.2, 0.25) is 0 Å². The van der Waals surface area contributed by atoms with Crippen molar-refractivity contribution in [1.82, 2.24) is 0 Å². The summed E-state index contributed by atoms with van der Waals surface area (Å²) in [7, 11) is 0. The Morgan fingerprint density at radius 2 is 1.57 bits per heavy atom. The summed E-state index contributed by atoms with van der Waals surface area (Å²) in [6, 6.07) is 13.1. The monoisotopic (exact) mass is 321 g/mol. The lowest BCUT2D eigenvalue weighted by Crippen LogP contribution is -2.21. The van der Waals surface area contributed by atoms with E-state index in [9.17, 15) is 0 Å². The molecule has 0 fully saturated rings. The van der Waals surface area contributed by atoms with E-state index in [1.54, 1.807) is 18.2 Å². The molecule has 0 amide bonds. The second-order valence-corrected chi connectivity index (χ2v) is 5.33. The molecule has 0 unspecified atom stereocenters. The van der Waals surface area contributed by atoms with E-state index in [0.29, 0.717) is 15.7 Å². The van der Waals surface area contributed by atoms with Gasteiger partial charge in [0.15, 0.2) is 0 Å². The number of nitrogens with zero attached hydrogens (tertiary/aromatic N) is 3. The standard InChI is InChI=1S/C16H17Cl2N3/c1-3-21(4-2)14-8-6-13(7-9-14)19-20-16-11-12(17)5-10-15(16)18/h5-11H,3-4H2,1-2H3. The fraction of sp³-hybridized carbons (Fsp3) is 0.250. The molecule has 3 nitrogen and oxygen atoms in total. The van der Waals surface area contributed by atoms with Crippen LogP contribution in [0.15, 0.2) is 52.7 Å². The number of hydrogen-bond donors (Lipinski definition) is 0. The molecule has 0 radical (unpaired) electrons. The second-order valence-electron chi connectivity index (χ2n) is 4.48. The lowest BCUT2D eigenvalue weighted by molar-refractivity contribution is 0.866. The van der Waals surface area contributed by atoms with Crippen molar-refractivity contribution in [3.05, 3.63) is 52.5 Å². The van der Waals surface area contributed by atoms with Crippen molar-refractivity contribution in [3.63, 3.8) is 0 Å². The molecule has 0 aliphatic heterocycles. The molecular weight excluding hydrogens is 305 g/mol. The zero-order chi connectivity index (χ0) is 15.2. The Labute approximate surface area is 135 Å². The van der Waals surface area contributed by atoms with E-state index in [4.69, 9.17) is 23.2 Å². The molecule has 2 aromatic carbocycles. The Balaban J connectivity index is 2.16. The average Bonchev–Trinajstić information content (AvgIpc) is 2.51. The summed E-state index contributed by atoms with van der Waals surface area (Å²) >= 11 is 12.0. The normalized spacial score (nSPS) is 11.0. The zero-order valence-electron chi connectivity index (χ0n) is 12.1. The maximum Gasteiger partial charge on any atom is 0.106 e. The van der Waals surface area contributed by atoms with E-state index >= 15 is 0 Å². The van der Waals surface area contributed by atoms with Crippen molar-refractivity contribution >= 4 is 40.3 Å². The molecule has 0 bridgehead atoms. The van der Waals surface area contributed by atoms with Gasteiger partial charge in [0, 0.05) is 23.8 Å². The summed E-state index contributed by atoms with van der Waals surface area (Å²) < 4.78 is 0. The first kappa shape index (κ1) is 15.8. The molecule has 0 aromatic heterocycles. The van der Waals surface area contributed by atoms with E-state index in [0.717, 1.165) is 18.8 Å². The third-order valence-corrected chi connectivity index (χ3v) is 3.71. The fourth-order valence-corrected chi connectivity index (χ4v) is 2.31. The summed E-state index contributed by atoms with van der Waals surface area (Å²) in [5.41, 5.74) is 2.53. The van der Waals surface area contributed by atoms with Crippen molar-refractivity contribution in [2.45, 2.75) is 13.8 Å². The maximum absolute atomic E-state index is 6.05. The number of benzene rings is 2. The molecule has 0 saturated carbocycles. The lowest BCUT2D eigenvalue weighted by atomic mass is 10.2. The van der Waals surface area contributed by atoms with Crippen molar-refractivity contribution in [1.29, 1.82) is 0 Å². The van der Waals surface area contributed by atoms with Gasteiger partial charge in [-0.15, -0.1) is 5.11 Å². The van der Waals surface area contributed by atoms with Gasteiger partial charge in [0.05, 0.1) is 10.7 Å².